The van der Waals surface area contributed by atoms with Gasteiger partial charge in [0.05, 0.1) is 18.4 Å². The maximum absolute atomic E-state index is 12.6. The fourth-order valence-corrected chi connectivity index (χ4v) is 3.54. The number of fused-ring (bicyclic) bond motifs is 1. The summed E-state index contributed by atoms with van der Waals surface area (Å²) in [6.45, 7) is 1.57. The highest BCUT2D eigenvalue weighted by atomic mass is 32.2. The Morgan fingerprint density at radius 2 is 1.55 bits per heavy atom. The molecule has 152 valence electrons. The molecule has 0 aliphatic rings. The number of oxime groups is 1. The van der Waals surface area contributed by atoms with Gasteiger partial charge in [0.1, 0.15) is 10.6 Å². The lowest BCUT2D eigenvalue weighted by Crippen LogP contribution is -2.08. The normalized spacial score (nSPS) is 12.8. The predicted molar refractivity (Wildman–Crippen MR) is 102 cm³/mol. The molecule has 3 aromatic carbocycles. The van der Waals surface area contributed by atoms with E-state index in [2.05, 4.69) is 5.16 Å². The molecule has 0 bridgehead atoms. The third-order valence-corrected chi connectivity index (χ3v) is 5.36. The second kappa shape index (κ2) is 7.75. The minimum Gasteiger partial charge on any atom is -0.496 e. The number of nitrogens with zero attached hydrogens (tertiary/aromatic N) is 1. The lowest BCUT2D eigenvalue weighted by molar-refractivity contribution is -0.137. The van der Waals surface area contributed by atoms with Gasteiger partial charge in [0, 0.05) is 10.9 Å². The van der Waals surface area contributed by atoms with Crippen molar-refractivity contribution in [3.05, 3.63) is 71.8 Å². The molecule has 0 radical (unpaired) electrons. The predicted octanol–water partition coefficient (Wildman–Crippen LogP) is 5.00. The molecular weight excluding hydrogens is 407 g/mol. The van der Waals surface area contributed by atoms with E-state index in [1.54, 1.807) is 26.2 Å². The first-order chi connectivity index (χ1) is 13.6. The molecule has 5 nitrogen and oxygen atoms in total. The number of rotatable bonds is 5. The fourth-order valence-electron chi connectivity index (χ4n) is 2.77. The van der Waals surface area contributed by atoms with Crippen LogP contribution in [0.2, 0.25) is 0 Å². The van der Waals surface area contributed by atoms with Crippen LogP contribution in [0.5, 0.6) is 5.75 Å². The van der Waals surface area contributed by atoms with Crippen LogP contribution in [-0.4, -0.2) is 21.2 Å². The van der Waals surface area contributed by atoms with Crippen LogP contribution in [0.4, 0.5) is 13.2 Å². The van der Waals surface area contributed by atoms with Gasteiger partial charge < -0.3 is 4.74 Å². The Hall–Kier alpha value is -3.07. The zero-order valence-electron chi connectivity index (χ0n) is 15.4. The smallest absolute Gasteiger partial charge is 0.416 e. The second-order valence-corrected chi connectivity index (χ2v) is 7.62. The topological polar surface area (TPSA) is 65.0 Å². The van der Waals surface area contributed by atoms with Gasteiger partial charge in [-0.25, -0.2) is 0 Å². The standard InChI is InChI=1S/C20H16F3NO4S/c1-13(16-11-12-19(27-2)18-6-4-3-5-17(16)18)24-28-29(25,26)15-9-7-14(8-10-15)20(21,22)23/h3-12H,1-2H3/b24-13-. The number of methoxy groups -OCH3 is 1. The van der Waals surface area contributed by atoms with E-state index in [0.29, 0.717) is 23.4 Å². The van der Waals surface area contributed by atoms with Gasteiger partial charge in [-0.2, -0.15) is 21.6 Å². The number of benzene rings is 3. The maximum atomic E-state index is 12.6. The fraction of sp³-hybridized carbons (Fsp3) is 0.150. The van der Waals surface area contributed by atoms with Crippen molar-refractivity contribution in [1.82, 2.24) is 0 Å². The van der Waals surface area contributed by atoms with Crippen LogP contribution < -0.4 is 4.74 Å². The highest BCUT2D eigenvalue weighted by molar-refractivity contribution is 7.86. The molecule has 0 N–H and O–H groups in total. The van der Waals surface area contributed by atoms with Crippen molar-refractivity contribution >= 4 is 26.6 Å². The van der Waals surface area contributed by atoms with Crippen molar-refractivity contribution in [2.75, 3.05) is 7.11 Å². The molecule has 0 unspecified atom stereocenters. The van der Waals surface area contributed by atoms with E-state index in [4.69, 9.17) is 9.02 Å². The van der Waals surface area contributed by atoms with E-state index in [-0.39, 0.29) is 5.71 Å². The van der Waals surface area contributed by atoms with Crippen LogP contribution >= 0.6 is 0 Å². The molecule has 0 fully saturated rings. The Bertz CT molecular complexity index is 1170. The summed E-state index contributed by atoms with van der Waals surface area (Å²) in [6.07, 6.45) is -4.56. The third kappa shape index (κ3) is 4.34. The molecule has 0 aliphatic heterocycles. The number of hydrogen-bond acceptors (Lipinski definition) is 5. The third-order valence-electron chi connectivity index (χ3n) is 4.24. The molecule has 0 spiro atoms. The maximum Gasteiger partial charge on any atom is 0.416 e. The van der Waals surface area contributed by atoms with Crippen molar-refractivity contribution in [2.45, 2.75) is 18.0 Å². The Labute approximate surface area is 165 Å². The van der Waals surface area contributed by atoms with Crippen LogP contribution in [0, 0.1) is 0 Å². The van der Waals surface area contributed by atoms with Gasteiger partial charge in [-0.15, -0.1) is 0 Å². The first-order valence-electron chi connectivity index (χ1n) is 8.35. The van der Waals surface area contributed by atoms with Gasteiger partial charge in [0.2, 0.25) is 0 Å². The van der Waals surface area contributed by atoms with Gasteiger partial charge in [-0.1, -0.05) is 29.4 Å². The second-order valence-electron chi connectivity index (χ2n) is 6.09. The van der Waals surface area contributed by atoms with Gasteiger partial charge in [-0.05, 0) is 48.7 Å². The molecule has 0 saturated carbocycles. The summed E-state index contributed by atoms with van der Waals surface area (Å²) in [7, 11) is -2.83. The van der Waals surface area contributed by atoms with Gasteiger partial charge in [0.15, 0.2) is 0 Å². The number of alkyl halides is 3. The summed E-state index contributed by atoms with van der Waals surface area (Å²) in [5.74, 6) is 0.649. The van der Waals surface area contributed by atoms with Crippen LogP contribution in [0.15, 0.2) is 70.7 Å². The highest BCUT2D eigenvalue weighted by Crippen LogP contribution is 2.31. The summed E-state index contributed by atoms with van der Waals surface area (Å²) in [5, 5.41) is 5.28. The Balaban J connectivity index is 1.90. The van der Waals surface area contributed by atoms with Crippen molar-refractivity contribution in [3.8, 4) is 5.75 Å². The average molecular weight is 423 g/mol. The molecular formula is C20H16F3NO4S. The summed E-state index contributed by atoms with van der Waals surface area (Å²) in [5.41, 5.74) is -0.0517. The monoisotopic (exact) mass is 423 g/mol. The Morgan fingerprint density at radius 1 is 0.931 bits per heavy atom. The number of halogens is 3. The zero-order valence-corrected chi connectivity index (χ0v) is 16.2. The molecule has 9 heteroatoms. The van der Waals surface area contributed by atoms with E-state index in [1.165, 1.54) is 0 Å². The minimum atomic E-state index is -4.56. The molecule has 0 saturated heterocycles. The molecule has 0 amide bonds. The zero-order chi connectivity index (χ0) is 21.2. The highest BCUT2D eigenvalue weighted by Gasteiger charge is 2.30. The molecule has 0 atom stereocenters. The first kappa shape index (κ1) is 20.7. The Kier molecular flexibility index (Phi) is 5.52. The van der Waals surface area contributed by atoms with Crippen molar-refractivity contribution < 1.29 is 30.6 Å². The lowest BCUT2D eigenvalue weighted by Gasteiger charge is -2.10. The quantitative estimate of drug-likeness (QED) is 0.428. The first-order valence-corrected chi connectivity index (χ1v) is 9.76. The van der Waals surface area contributed by atoms with E-state index in [0.717, 1.165) is 22.9 Å². The molecule has 3 rings (SSSR count). The Morgan fingerprint density at radius 3 is 2.14 bits per heavy atom. The summed E-state index contributed by atoms with van der Waals surface area (Å²) in [6, 6.07) is 13.8. The molecule has 0 aliphatic carbocycles. The van der Waals surface area contributed by atoms with Crippen molar-refractivity contribution in [2.24, 2.45) is 5.16 Å². The average Bonchev–Trinajstić information content (AvgIpc) is 2.70. The van der Waals surface area contributed by atoms with E-state index >= 15 is 0 Å². The summed E-state index contributed by atoms with van der Waals surface area (Å²) < 4.78 is 72.4. The lowest BCUT2D eigenvalue weighted by atomic mass is 10.0. The van der Waals surface area contributed by atoms with E-state index in [9.17, 15) is 21.6 Å². The summed E-state index contributed by atoms with van der Waals surface area (Å²) in [4.78, 5) is -0.429. The van der Waals surface area contributed by atoms with Gasteiger partial charge in [0.25, 0.3) is 0 Å². The minimum absolute atomic E-state index is 0.277. The molecule has 3 aromatic rings. The van der Waals surface area contributed by atoms with Gasteiger partial charge in [-0.3, -0.25) is 4.28 Å². The van der Waals surface area contributed by atoms with Crippen LogP contribution in [0.3, 0.4) is 0 Å². The van der Waals surface area contributed by atoms with Crippen LogP contribution in [0.1, 0.15) is 18.1 Å². The van der Waals surface area contributed by atoms with Gasteiger partial charge >= 0.3 is 16.3 Å². The van der Waals surface area contributed by atoms with E-state index in [1.807, 2.05) is 24.3 Å². The summed E-state index contributed by atoms with van der Waals surface area (Å²) >= 11 is 0. The van der Waals surface area contributed by atoms with Crippen LogP contribution in [-0.2, 0) is 20.6 Å². The number of hydrogen-bond donors (Lipinski definition) is 0. The van der Waals surface area contributed by atoms with Crippen molar-refractivity contribution in [1.29, 1.82) is 0 Å². The molecule has 0 aromatic heterocycles. The number of ether oxygens (including phenoxy) is 1. The van der Waals surface area contributed by atoms with Crippen molar-refractivity contribution in [3.63, 3.8) is 0 Å². The molecule has 29 heavy (non-hydrogen) atoms. The largest absolute Gasteiger partial charge is 0.496 e. The SMILES string of the molecule is COc1ccc(/C(C)=N\OS(=O)(=O)c2ccc(C(F)(F)F)cc2)c2ccccc12. The van der Waals surface area contributed by atoms with E-state index < -0.39 is 26.8 Å². The molecule has 0 heterocycles. The van der Waals surface area contributed by atoms with Crippen LogP contribution in [0.25, 0.3) is 10.8 Å².